The number of aryl methyl sites for hydroxylation is 2. The zero-order chi connectivity index (χ0) is 35.0. The molecule has 2 aromatic heterocycles. The number of benzene rings is 3. The number of fused-ring (bicyclic) bond motifs is 3. The van der Waals surface area contributed by atoms with Gasteiger partial charge < -0.3 is 19.0 Å². The molecule has 9 heteroatoms. The summed E-state index contributed by atoms with van der Waals surface area (Å²) in [6, 6.07) is 17.7. The Morgan fingerprint density at radius 2 is 1.72 bits per heavy atom. The van der Waals surface area contributed by atoms with Crippen molar-refractivity contribution in [1.82, 2.24) is 9.88 Å². The van der Waals surface area contributed by atoms with Crippen LogP contribution in [-0.4, -0.2) is 53.5 Å². The number of aromatic nitrogens is 1. The fourth-order valence-corrected chi connectivity index (χ4v) is 8.50. The van der Waals surface area contributed by atoms with E-state index in [-0.39, 0.29) is 18.3 Å². The van der Waals surface area contributed by atoms with Crippen molar-refractivity contribution < 1.29 is 18.7 Å². The zero-order valence-corrected chi connectivity index (χ0v) is 30.3. The van der Waals surface area contributed by atoms with Crippen molar-refractivity contribution in [3.05, 3.63) is 81.7 Å². The number of carbonyl (C=O) groups excluding carboxylic acids is 2. The number of thiazole rings is 1. The molecule has 0 N–H and O–H groups in total. The first kappa shape index (κ1) is 34.0. The molecule has 260 valence electrons. The number of rotatable bonds is 10. The van der Waals surface area contributed by atoms with Gasteiger partial charge in [0, 0.05) is 60.4 Å². The molecule has 8 nitrogen and oxygen atoms in total. The SMILES string of the molecule is CCCCN(CCCC(=O)OC(C)(C)C)C(=O)c1ccccc1-c1c(-c2nc3ccccc3s2)c(=O)oc2c3c4c(cc12)CCCN4CCC3. The summed E-state index contributed by atoms with van der Waals surface area (Å²) in [5.74, 6) is -0.394. The van der Waals surface area contributed by atoms with Crippen molar-refractivity contribution in [2.45, 2.75) is 84.7 Å². The molecule has 2 aliphatic rings. The molecule has 2 aliphatic heterocycles. The molecule has 50 heavy (non-hydrogen) atoms. The lowest BCUT2D eigenvalue weighted by molar-refractivity contribution is -0.154. The van der Waals surface area contributed by atoms with Crippen LogP contribution in [0.3, 0.4) is 0 Å². The van der Waals surface area contributed by atoms with Gasteiger partial charge in [0.05, 0.1) is 10.2 Å². The second-order valence-corrected chi connectivity index (χ2v) is 15.5. The van der Waals surface area contributed by atoms with Crippen LogP contribution < -0.4 is 10.5 Å². The van der Waals surface area contributed by atoms with Gasteiger partial charge in [0.15, 0.2) is 0 Å². The number of amides is 1. The summed E-state index contributed by atoms with van der Waals surface area (Å²) >= 11 is 1.46. The third-order valence-electron chi connectivity index (χ3n) is 9.62. The minimum absolute atomic E-state index is 0.125. The van der Waals surface area contributed by atoms with Crippen LogP contribution in [-0.2, 0) is 22.4 Å². The highest BCUT2D eigenvalue weighted by Crippen LogP contribution is 2.46. The quantitative estimate of drug-likeness (QED) is 0.107. The maximum absolute atomic E-state index is 14.7. The molecule has 0 fully saturated rings. The van der Waals surface area contributed by atoms with E-state index in [4.69, 9.17) is 14.1 Å². The Kier molecular flexibility index (Phi) is 9.53. The minimum atomic E-state index is -0.560. The maximum atomic E-state index is 14.7. The van der Waals surface area contributed by atoms with E-state index < -0.39 is 11.2 Å². The van der Waals surface area contributed by atoms with E-state index in [2.05, 4.69) is 17.9 Å². The number of nitrogens with zero attached hydrogens (tertiary/aromatic N) is 3. The van der Waals surface area contributed by atoms with E-state index in [9.17, 15) is 14.4 Å². The van der Waals surface area contributed by atoms with Gasteiger partial charge in [-0.2, -0.15) is 0 Å². The number of hydrogen-bond acceptors (Lipinski definition) is 8. The first-order chi connectivity index (χ1) is 24.1. The molecule has 0 bridgehead atoms. The molecule has 0 saturated carbocycles. The maximum Gasteiger partial charge on any atom is 0.347 e. The summed E-state index contributed by atoms with van der Waals surface area (Å²) in [6.07, 6.45) is 6.33. The third-order valence-corrected chi connectivity index (χ3v) is 10.7. The van der Waals surface area contributed by atoms with Crippen molar-refractivity contribution in [3.8, 4) is 21.7 Å². The molecular weight excluding hydrogens is 647 g/mol. The second kappa shape index (κ2) is 14.0. The van der Waals surface area contributed by atoms with Crippen molar-refractivity contribution >= 4 is 50.1 Å². The number of carbonyl (C=O) groups is 2. The van der Waals surface area contributed by atoms with Gasteiger partial charge in [-0.15, -0.1) is 11.3 Å². The first-order valence-electron chi connectivity index (χ1n) is 18.0. The Morgan fingerprint density at radius 1 is 0.980 bits per heavy atom. The predicted octanol–water partition coefficient (Wildman–Crippen LogP) is 8.80. The normalized spacial score (nSPS) is 14.2. The highest BCUT2D eigenvalue weighted by Gasteiger charge is 2.32. The van der Waals surface area contributed by atoms with Gasteiger partial charge in [-0.1, -0.05) is 43.7 Å². The van der Waals surface area contributed by atoms with Crippen molar-refractivity contribution in [2.75, 3.05) is 31.1 Å². The number of para-hydroxylation sites is 1. The van der Waals surface area contributed by atoms with Crippen LogP contribution in [0.15, 0.2) is 63.8 Å². The Bertz CT molecular complexity index is 2110. The van der Waals surface area contributed by atoms with Gasteiger partial charge in [-0.05, 0) is 94.7 Å². The van der Waals surface area contributed by atoms with E-state index in [1.807, 2.05) is 74.2 Å². The minimum Gasteiger partial charge on any atom is -0.460 e. The van der Waals surface area contributed by atoms with Crippen LogP contribution in [0.25, 0.3) is 42.9 Å². The molecule has 0 radical (unpaired) electrons. The summed E-state index contributed by atoms with van der Waals surface area (Å²) in [5, 5.41) is 1.42. The second-order valence-electron chi connectivity index (χ2n) is 14.4. The molecular formula is C41H45N3O5S. The monoisotopic (exact) mass is 691 g/mol. The molecule has 0 aliphatic carbocycles. The smallest absolute Gasteiger partial charge is 0.347 e. The molecule has 0 spiro atoms. The summed E-state index contributed by atoms with van der Waals surface area (Å²) in [4.78, 5) is 50.8. The Balaban J connectivity index is 1.39. The lowest BCUT2D eigenvalue weighted by atomic mass is 9.86. The topological polar surface area (TPSA) is 92.9 Å². The molecule has 1 amide bonds. The first-order valence-corrected chi connectivity index (χ1v) is 18.8. The van der Waals surface area contributed by atoms with Crippen LogP contribution in [0, 0.1) is 0 Å². The van der Waals surface area contributed by atoms with Crippen molar-refractivity contribution in [2.24, 2.45) is 0 Å². The van der Waals surface area contributed by atoms with E-state index in [1.54, 1.807) is 0 Å². The predicted molar refractivity (Wildman–Crippen MR) is 201 cm³/mol. The summed E-state index contributed by atoms with van der Waals surface area (Å²) in [7, 11) is 0. The van der Waals surface area contributed by atoms with Crippen LogP contribution in [0.2, 0.25) is 0 Å². The summed E-state index contributed by atoms with van der Waals surface area (Å²) < 4.78 is 12.8. The number of ether oxygens (including phenoxy) is 1. The lowest BCUT2D eigenvalue weighted by Crippen LogP contribution is -2.34. The molecule has 3 aromatic carbocycles. The Morgan fingerprint density at radius 3 is 2.50 bits per heavy atom. The molecule has 5 aromatic rings. The summed E-state index contributed by atoms with van der Waals surface area (Å²) in [5.41, 5.74) is 6.29. The standard InChI is InChI=1S/C41H45N3O5S/c1-5-6-21-44(24-13-20-33(45)49-41(2,3)4)39(46)28-16-8-7-15-27(28)34-30-25-26-14-11-22-43-23-12-17-29(36(26)43)37(30)48-40(47)35(34)38-42-31-18-9-10-19-32(31)50-38/h7-10,15-16,18-19,25H,5-6,11-14,17,20-24H2,1-4H3. The molecule has 0 unspecified atom stereocenters. The Labute approximate surface area is 297 Å². The van der Waals surface area contributed by atoms with Crippen LogP contribution in [0.5, 0.6) is 0 Å². The lowest BCUT2D eigenvalue weighted by Gasteiger charge is -2.37. The average Bonchev–Trinajstić information content (AvgIpc) is 3.53. The molecule has 0 atom stereocenters. The third kappa shape index (κ3) is 6.67. The van der Waals surface area contributed by atoms with Gasteiger partial charge in [-0.25, -0.2) is 9.78 Å². The number of anilines is 1. The largest absolute Gasteiger partial charge is 0.460 e. The Hall–Kier alpha value is -4.50. The highest BCUT2D eigenvalue weighted by molar-refractivity contribution is 7.21. The van der Waals surface area contributed by atoms with Gasteiger partial charge in [0.2, 0.25) is 0 Å². The van der Waals surface area contributed by atoms with E-state index in [0.717, 1.165) is 72.8 Å². The number of unbranched alkanes of at least 4 members (excludes halogenated alkanes) is 1. The van der Waals surface area contributed by atoms with E-state index in [0.29, 0.717) is 52.4 Å². The summed E-state index contributed by atoms with van der Waals surface area (Å²) in [6.45, 7) is 10.7. The highest BCUT2D eigenvalue weighted by atomic mass is 32.1. The van der Waals surface area contributed by atoms with E-state index in [1.165, 1.54) is 22.6 Å². The van der Waals surface area contributed by atoms with Crippen LogP contribution in [0.1, 0.15) is 87.7 Å². The molecule has 4 heterocycles. The zero-order valence-electron chi connectivity index (χ0n) is 29.5. The van der Waals surface area contributed by atoms with Crippen molar-refractivity contribution in [3.63, 3.8) is 0 Å². The fourth-order valence-electron chi connectivity index (χ4n) is 7.50. The van der Waals surface area contributed by atoms with E-state index >= 15 is 0 Å². The van der Waals surface area contributed by atoms with Gasteiger partial charge >= 0.3 is 11.6 Å². The number of hydrogen-bond donors (Lipinski definition) is 0. The van der Waals surface area contributed by atoms with Gasteiger partial charge in [0.25, 0.3) is 5.91 Å². The van der Waals surface area contributed by atoms with Crippen molar-refractivity contribution in [1.29, 1.82) is 0 Å². The average molecular weight is 692 g/mol. The van der Waals surface area contributed by atoms with Gasteiger partial charge in [0.1, 0.15) is 21.8 Å². The van der Waals surface area contributed by atoms with Crippen LogP contribution in [0.4, 0.5) is 5.69 Å². The molecule has 7 rings (SSSR count). The number of esters is 1. The molecule has 0 saturated heterocycles. The van der Waals surface area contributed by atoms with Crippen LogP contribution >= 0.6 is 11.3 Å². The fraction of sp³-hybridized carbons (Fsp3) is 0.415. The van der Waals surface area contributed by atoms with Gasteiger partial charge in [-0.3, -0.25) is 9.59 Å².